The molecule has 1 aromatic heterocycles. The van der Waals surface area contributed by atoms with E-state index in [4.69, 9.17) is 9.97 Å². The highest BCUT2D eigenvalue weighted by Crippen LogP contribution is 2.45. The van der Waals surface area contributed by atoms with E-state index < -0.39 is 0 Å². The molecule has 154 valence electrons. The summed E-state index contributed by atoms with van der Waals surface area (Å²) in [6.07, 6.45) is 0.972. The number of aryl methyl sites for hydroxylation is 1. The first-order valence-electron chi connectivity index (χ1n) is 10.9. The lowest BCUT2D eigenvalue weighted by molar-refractivity contribution is 0.0966. The lowest BCUT2D eigenvalue weighted by Gasteiger charge is -2.36. The Morgan fingerprint density at radius 3 is 2.58 bits per heavy atom. The number of rotatable bonds is 1. The van der Waals surface area contributed by atoms with Crippen molar-refractivity contribution >= 4 is 33.7 Å². The number of amides is 1. The van der Waals surface area contributed by atoms with E-state index in [9.17, 15) is 4.79 Å². The van der Waals surface area contributed by atoms with Crippen LogP contribution in [0, 0.1) is 6.92 Å². The molecule has 31 heavy (non-hydrogen) atoms. The van der Waals surface area contributed by atoms with Crippen LogP contribution in [0.3, 0.4) is 0 Å². The Kier molecular flexibility index (Phi) is 4.08. The molecule has 3 heterocycles. The molecule has 5 heteroatoms. The molecular formula is C26H24N4O. The zero-order valence-electron chi connectivity index (χ0n) is 17.7. The van der Waals surface area contributed by atoms with Gasteiger partial charge in [-0.3, -0.25) is 4.79 Å². The van der Waals surface area contributed by atoms with Crippen LogP contribution in [0.2, 0.25) is 0 Å². The van der Waals surface area contributed by atoms with E-state index in [1.807, 2.05) is 47.4 Å². The highest BCUT2D eigenvalue weighted by molar-refractivity contribution is 6.14. The third-order valence-electron chi connectivity index (χ3n) is 6.77. The van der Waals surface area contributed by atoms with Crippen LogP contribution in [0.1, 0.15) is 33.8 Å². The maximum Gasteiger partial charge on any atom is 0.260 e. The molecule has 0 bridgehead atoms. The van der Waals surface area contributed by atoms with Crippen LogP contribution < -0.4 is 4.90 Å². The quantitative estimate of drug-likeness (QED) is 0.434. The lowest BCUT2D eigenvalue weighted by atomic mass is 9.88. The number of benzene rings is 3. The van der Waals surface area contributed by atoms with Crippen LogP contribution in [0.4, 0.5) is 5.69 Å². The number of nitrogens with zero attached hydrogens (tertiary/aromatic N) is 4. The number of hydrogen-bond donors (Lipinski definition) is 0. The van der Waals surface area contributed by atoms with Crippen LogP contribution in [0.5, 0.6) is 0 Å². The molecule has 5 nitrogen and oxygen atoms in total. The van der Waals surface area contributed by atoms with Gasteiger partial charge in [-0.1, -0.05) is 35.9 Å². The van der Waals surface area contributed by atoms with Crippen molar-refractivity contribution in [1.29, 1.82) is 0 Å². The second-order valence-corrected chi connectivity index (χ2v) is 8.85. The lowest BCUT2D eigenvalue weighted by Crippen LogP contribution is -2.47. The zero-order chi connectivity index (χ0) is 21.1. The molecule has 0 unspecified atom stereocenters. The number of likely N-dealkylation sites (N-methyl/N-ethyl adjacent to an activating group) is 1. The maximum absolute atomic E-state index is 14.0. The van der Waals surface area contributed by atoms with E-state index in [1.54, 1.807) is 0 Å². The SMILES string of the molecule is Cc1ccc2c(c1)[C@H]1CN(C)CC[C@H]1N2C(=O)c1cccc2nc3ccccc3nc12. The predicted octanol–water partition coefficient (Wildman–Crippen LogP) is 4.54. The Balaban J connectivity index is 1.51. The average molecular weight is 409 g/mol. The van der Waals surface area contributed by atoms with Gasteiger partial charge in [0.1, 0.15) is 5.52 Å². The largest absolute Gasteiger partial charge is 0.306 e. The molecule has 0 spiro atoms. The van der Waals surface area contributed by atoms with E-state index >= 15 is 0 Å². The standard InChI is InChI=1S/C26H24N4O/c1-16-10-11-23-18(14-16)19-15-29(2)13-12-24(19)30(23)26(31)17-6-5-9-22-25(17)28-21-8-4-3-7-20(21)27-22/h3-11,14,19,24H,12-13,15H2,1-2H3/t19-,24-/m1/s1. The van der Waals surface area contributed by atoms with E-state index in [0.717, 1.165) is 41.7 Å². The van der Waals surface area contributed by atoms with E-state index in [0.29, 0.717) is 17.0 Å². The molecule has 0 aliphatic carbocycles. The number of aromatic nitrogens is 2. The van der Waals surface area contributed by atoms with Crippen molar-refractivity contribution in [3.63, 3.8) is 0 Å². The zero-order valence-corrected chi connectivity index (χ0v) is 17.7. The van der Waals surface area contributed by atoms with Crippen LogP contribution in [-0.4, -0.2) is 47.0 Å². The summed E-state index contributed by atoms with van der Waals surface area (Å²) in [5.41, 5.74) is 7.29. The van der Waals surface area contributed by atoms with Gasteiger partial charge in [-0.15, -0.1) is 0 Å². The van der Waals surface area contributed by atoms with Gasteiger partial charge < -0.3 is 9.80 Å². The second kappa shape index (κ2) is 6.86. The third-order valence-corrected chi connectivity index (χ3v) is 6.77. The van der Waals surface area contributed by atoms with Crippen molar-refractivity contribution in [3.05, 3.63) is 77.4 Å². The minimum absolute atomic E-state index is 0.0253. The molecule has 1 fully saturated rings. The number of piperidine rings is 1. The van der Waals surface area contributed by atoms with Gasteiger partial charge >= 0.3 is 0 Å². The maximum atomic E-state index is 14.0. The van der Waals surface area contributed by atoms with Crippen LogP contribution in [-0.2, 0) is 0 Å². The highest BCUT2D eigenvalue weighted by Gasteiger charge is 2.44. The molecule has 2 aliphatic heterocycles. The summed E-state index contributed by atoms with van der Waals surface area (Å²) in [7, 11) is 2.17. The first-order chi connectivity index (χ1) is 15.1. The molecule has 4 aromatic rings. The van der Waals surface area contributed by atoms with E-state index in [-0.39, 0.29) is 11.9 Å². The molecule has 3 aromatic carbocycles. The van der Waals surface area contributed by atoms with Gasteiger partial charge in [-0.05, 0) is 62.8 Å². The fourth-order valence-corrected chi connectivity index (χ4v) is 5.29. The smallest absolute Gasteiger partial charge is 0.260 e. The first-order valence-corrected chi connectivity index (χ1v) is 10.9. The van der Waals surface area contributed by atoms with Gasteiger partial charge in [0.05, 0.1) is 22.1 Å². The Hall–Kier alpha value is -3.31. The molecule has 0 radical (unpaired) electrons. The number of fused-ring (bicyclic) bond motifs is 5. The summed E-state index contributed by atoms with van der Waals surface area (Å²) in [5, 5.41) is 0. The van der Waals surface area contributed by atoms with Crippen LogP contribution >= 0.6 is 0 Å². The van der Waals surface area contributed by atoms with E-state index in [2.05, 4.69) is 37.1 Å². The summed E-state index contributed by atoms with van der Waals surface area (Å²) in [5.74, 6) is 0.372. The fraction of sp³-hybridized carbons (Fsp3) is 0.269. The van der Waals surface area contributed by atoms with Gasteiger partial charge in [0, 0.05) is 24.2 Å². The van der Waals surface area contributed by atoms with Gasteiger partial charge in [0.15, 0.2) is 0 Å². The normalized spacial score (nSPS) is 20.8. The van der Waals surface area contributed by atoms with Crippen molar-refractivity contribution in [1.82, 2.24) is 14.9 Å². The minimum Gasteiger partial charge on any atom is -0.306 e. The molecule has 1 saturated heterocycles. The van der Waals surface area contributed by atoms with Crippen molar-refractivity contribution in [2.75, 3.05) is 25.0 Å². The average Bonchev–Trinajstić information content (AvgIpc) is 3.09. The summed E-state index contributed by atoms with van der Waals surface area (Å²) in [6.45, 7) is 4.10. The monoisotopic (exact) mass is 408 g/mol. The van der Waals surface area contributed by atoms with Crippen molar-refractivity contribution in [2.24, 2.45) is 0 Å². The Morgan fingerprint density at radius 2 is 1.74 bits per heavy atom. The van der Waals surface area contributed by atoms with Gasteiger partial charge in [-0.25, -0.2) is 9.97 Å². The van der Waals surface area contributed by atoms with Gasteiger partial charge in [0.2, 0.25) is 0 Å². The predicted molar refractivity (Wildman–Crippen MR) is 124 cm³/mol. The number of anilines is 1. The van der Waals surface area contributed by atoms with Crippen molar-refractivity contribution in [3.8, 4) is 0 Å². The molecular weight excluding hydrogens is 384 g/mol. The first kappa shape index (κ1) is 18.5. The fourth-order valence-electron chi connectivity index (χ4n) is 5.29. The number of hydrogen-bond acceptors (Lipinski definition) is 4. The Bertz CT molecular complexity index is 1350. The van der Waals surface area contributed by atoms with Crippen molar-refractivity contribution < 1.29 is 4.79 Å². The summed E-state index contributed by atoms with van der Waals surface area (Å²) in [6, 6.07) is 20.2. The summed E-state index contributed by atoms with van der Waals surface area (Å²) in [4.78, 5) is 28.0. The number of para-hydroxylation sites is 3. The molecule has 2 aliphatic rings. The van der Waals surface area contributed by atoms with Crippen molar-refractivity contribution in [2.45, 2.75) is 25.3 Å². The number of carbonyl (C=O) groups is 1. The third kappa shape index (κ3) is 2.84. The topological polar surface area (TPSA) is 49.3 Å². The molecule has 1 amide bonds. The van der Waals surface area contributed by atoms with Gasteiger partial charge in [0.25, 0.3) is 5.91 Å². The summed E-state index contributed by atoms with van der Waals surface area (Å²) < 4.78 is 0. The molecule has 0 N–H and O–H groups in total. The molecule has 6 rings (SSSR count). The second-order valence-electron chi connectivity index (χ2n) is 8.85. The minimum atomic E-state index is 0.0253. The van der Waals surface area contributed by atoms with Crippen LogP contribution in [0.25, 0.3) is 22.1 Å². The van der Waals surface area contributed by atoms with E-state index in [1.165, 1.54) is 11.1 Å². The van der Waals surface area contributed by atoms with Gasteiger partial charge in [-0.2, -0.15) is 0 Å². The summed E-state index contributed by atoms with van der Waals surface area (Å²) >= 11 is 0. The molecule has 0 saturated carbocycles. The van der Waals surface area contributed by atoms with Crippen LogP contribution in [0.15, 0.2) is 60.7 Å². The Labute approximate surface area is 181 Å². The number of carbonyl (C=O) groups excluding carboxylic acids is 1. The Morgan fingerprint density at radius 1 is 0.968 bits per heavy atom. The number of likely N-dealkylation sites (tertiary alicyclic amines) is 1. The molecule has 2 atom stereocenters. The highest BCUT2D eigenvalue weighted by atomic mass is 16.2.